The monoisotopic (exact) mass is 369 g/mol. The van der Waals surface area contributed by atoms with Crippen molar-refractivity contribution in [2.45, 2.75) is 47.1 Å². The molecule has 0 heterocycles. The smallest absolute Gasteiger partial charge is 0.164 e. The molecule has 91 valence electrons. The van der Waals surface area contributed by atoms with Gasteiger partial charge in [0.1, 0.15) is 0 Å². The molecule has 0 saturated heterocycles. The molecule has 2 nitrogen and oxygen atoms in total. The summed E-state index contributed by atoms with van der Waals surface area (Å²) in [7, 11) is 1.25. The van der Waals surface area contributed by atoms with Crippen LogP contribution in [0.15, 0.2) is 3.34 Å². The van der Waals surface area contributed by atoms with Gasteiger partial charge in [0, 0.05) is 0 Å². The van der Waals surface area contributed by atoms with E-state index in [0.29, 0.717) is 0 Å². The van der Waals surface area contributed by atoms with E-state index in [1.807, 2.05) is 0 Å². The molecule has 0 aromatic carbocycles. The Labute approximate surface area is 105 Å². The first-order valence-electron chi connectivity index (χ1n) is 4.54. The zero-order valence-corrected chi connectivity index (χ0v) is 14.2. The van der Waals surface area contributed by atoms with Crippen molar-refractivity contribution in [3.05, 3.63) is 26.5 Å². The average Bonchev–Trinajstić information content (AvgIpc) is 2.28. The van der Waals surface area contributed by atoms with Crippen molar-refractivity contribution < 1.29 is 20.9 Å². The quantitative estimate of drug-likeness (QED) is 0.555. The SMILES string of the molecule is CC(C)(C)[N]=[Ta].C[NH-].[CH2-]C.[CH2-]C.[CH2-]C. The van der Waals surface area contributed by atoms with Crippen molar-refractivity contribution in [3.8, 4) is 0 Å². The van der Waals surface area contributed by atoms with E-state index in [1.165, 1.54) is 7.05 Å². The predicted octanol–water partition coefficient (Wildman–Crippen LogP) is 4.70. The molecule has 0 amide bonds. The van der Waals surface area contributed by atoms with Crippen LogP contribution in [-0.4, -0.2) is 12.6 Å². The Kier molecular flexibility index (Phi) is 78.4. The number of hydrogen-bond donors (Lipinski definition) is 0. The molecule has 0 aromatic rings. The Balaban J connectivity index is -0.0000000287. The van der Waals surface area contributed by atoms with Gasteiger partial charge < -0.3 is 26.5 Å². The normalized spacial score (nSPS) is 6.43. The van der Waals surface area contributed by atoms with Crippen LogP contribution in [-0.2, 0) is 20.9 Å². The molecule has 0 rings (SSSR count). The third kappa shape index (κ3) is 135. The summed E-state index contributed by atoms with van der Waals surface area (Å²) in [5.74, 6) is 0. The van der Waals surface area contributed by atoms with E-state index in [1.54, 1.807) is 20.8 Å². The van der Waals surface area contributed by atoms with Gasteiger partial charge in [-0.3, -0.25) is 0 Å². The van der Waals surface area contributed by atoms with E-state index in [9.17, 15) is 0 Å². The molecule has 0 bridgehead atoms. The fourth-order valence-electron chi connectivity index (χ4n) is 0. The van der Waals surface area contributed by atoms with Gasteiger partial charge >= 0.3 is 50.5 Å². The summed E-state index contributed by atoms with van der Waals surface area (Å²) < 4.78 is 4.13. The maximum atomic E-state index is 5.75. The minimum atomic E-state index is 0.216. The van der Waals surface area contributed by atoms with Crippen LogP contribution in [0.25, 0.3) is 5.73 Å². The molecule has 3 heteroatoms. The van der Waals surface area contributed by atoms with Gasteiger partial charge in [-0.2, -0.15) is 27.8 Å². The fraction of sp³-hybridized carbons (Fsp3) is 0.727. The van der Waals surface area contributed by atoms with E-state index in [-0.39, 0.29) is 5.54 Å². The van der Waals surface area contributed by atoms with Crippen molar-refractivity contribution >= 4 is 0 Å². The molecule has 0 saturated carbocycles. The van der Waals surface area contributed by atoms with Crippen LogP contribution >= 0.6 is 0 Å². The Morgan fingerprint density at radius 2 is 0.929 bits per heavy atom. The van der Waals surface area contributed by atoms with Gasteiger partial charge in [0.05, 0.1) is 0 Å². The van der Waals surface area contributed by atoms with Crippen LogP contribution in [0.2, 0.25) is 0 Å². The molecule has 0 aliphatic heterocycles. The average molecular weight is 369 g/mol. The Morgan fingerprint density at radius 1 is 0.857 bits per heavy atom. The summed E-state index contributed by atoms with van der Waals surface area (Å²) >= 11 is 1.15. The van der Waals surface area contributed by atoms with Gasteiger partial charge in [-0.1, -0.05) is 0 Å². The molecule has 1 N–H and O–H groups in total. The second kappa shape index (κ2) is 37.5. The van der Waals surface area contributed by atoms with Crippen LogP contribution in [0.1, 0.15) is 41.5 Å². The standard InChI is InChI=1S/C4H9N.3C2H5.CH4N.Ta/c1-4(2,3)5;4*1-2;/h1-3H3;3*1H2,2H3;2H,1H3;/q;4*-1;. The van der Waals surface area contributed by atoms with Gasteiger partial charge in [-0.05, 0) is 0 Å². The minimum Gasteiger partial charge on any atom is -0.680 e. The third-order valence-corrected chi connectivity index (χ3v) is 2.46. The summed E-state index contributed by atoms with van der Waals surface area (Å²) in [6, 6.07) is 0. The second-order valence-corrected chi connectivity index (χ2v) is 2.99. The molecule has 0 atom stereocenters. The van der Waals surface area contributed by atoms with Gasteiger partial charge in [-0.15, -0.1) is 0 Å². The molecule has 0 aliphatic rings. The molecule has 0 spiro atoms. The molecular weight excluding hydrogens is 341 g/mol. The molecular formula is C11H28N2Ta-4. The van der Waals surface area contributed by atoms with Crippen molar-refractivity contribution in [2.75, 3.05) is 7.05 Å². The van der Waals surface area contributed by atoms with Crippen molar-refractivity contribution in [3.63, 3.8) is 0 Å². The molecule has 0 unspecified atom stereocenters. The Hall–Kier alpha value is 0.500. The second-order valence-electron chi connectivity index (χ2n) is 2.27. The van der Waals surface area contributed by atoms with E-state index >= 15 is 0 Å². The summed E-state index contributed by atoms with van der Waals surface area (Å²) in [4.78, 5) is 0. The van der Waals surface area contributed by atoms with Gasteiger partial charge in [0.25, 0.3) is 0 Å². The van der Waals surface area contributed by atoms with E-state index in [2.05, 4.69) is 44.9 Å². The summed E-state index contributed by atoms with van der Waals surface area (Å²) in [5, 5.41) is 0. The first-order valence-corrected chi connectivity index (χ1v) is 5.98. The third-order valence-electron chi connectivity index (χ3n) is 0.300. The molecule has 0 fully saturated rings. The van der Waals surface area contributed by atoms with Crippen LogP contribution in [0.3, 0.4) is 0 Å². The zero-order valence-electron chi connectivity index (χ0n) is 11.0. The topological polar surface area (TPSA) is 36.2 Å². The fourth-order valence-corrected chi connectivity index (χ4v) is 0. The first-order chi connectivity index (χ1) is 6.56. The molecule has 0 aliphatic carbocycles. The van der Waals surface area contributed by atoms with Crippen molar-refractivity contribution in [2.24, 2.45) is 3.34 Å². The maximum absolute atomic E-state index is 5.75. The largest absolute Gasteiger partial charge is 0.680 e. The summed E-state index contributed by atoms with van der Waals surface area (Å²) in [6.07, 6.45) is 0. The van der Waals surface area contributed by atoms with Gasteiger partial charge in [-0.25, -0.2) is 0 Å². The van der Waals surface area contributed by atoms with E-state index in [4.69, 9.17) is 5.73 Å². The first kappa shape index (κ1) is 29.3. The van der Waals surface area contributed by atoms with E-state index in [0.717, 1.165) is 20.9 Å². The number of nitrogens with zero attached hydrogens (tertiary/aromatic N) is 1. The van der Waals surface area contributed by atoms with Crippen LogP contribution in [0.4, 0.5) is 0 Å². The summed E-state index contributed by atoms with van der Waals surface area (Å²) in [6.45, 7) is 21.3. The zero-order chi connectivity index (χ0) is 13.2. The Bertz CT molecular complexity index is 58.8. The van der Waals surface area contributed by atoms with Crippen LogP contribution in [0.5, 0.6) is 0 Å². The van der Waals surface area contributed by atoms with Crippen LogP contribution < -0.4 is 0 Å². The summed E-state index contributed by atoms with van der Waals surface area (Å²) in [5.41, 5.74) is 5.97. The molecule has 14 heavy (non-hydrogen) atoms. The van der Waals surface area contributed by atoms with Gasteiger partial charge in [0.15, 0.2) is 0 Å². The predicted molar refractivity (Wildman–Crippen MR) is 65.5 cm³/mol. The van der Waals surface area contributed by atoms with E-state index < -0.39 is 0 Å². The molecule has 0 aromatic heterocycles. The minimum absolute atomic E-state index is 0.216. The number of rotatable bonds is 0. The number of hydrogen-bond acceptors (Lipinski definition) is 1. The molecule has 0 radical (unpaired) electrons. The van der Waals surface area contributed by atoms with Crippen molar-refractivity contribution in [1.82, 2.24) is 0 Å². The van der Waals surface area contributed by atoms with Gasteiger partial charge in [0.2, 0.25) is 0 Å². The van der Waals surface area contributed by atoms with Crippen LogP contribution in [0, 0.1) is 20.8 Å². The number of nitrogens with one attached hydrogen (secondary N) is 1. The van der Waals surface area contributed by atoms with Crippen molar-refractivity contribution in [1.29, 1.82) is 0 Å². The Morgan fingerprint density at radius 3 is 0.929 bits per heavy atom. The maximum Gasteiger partial charge on any atom is -0.164 e.